The Hall–Kier alpha value is -2.14. The molecule has 0 aliphatic carbocycles. The van der Waals surface area contributed by atoms with Gasteiger partial charge in [0.25, 0.3) is 0 Å². The van der Waals surface area contributed by atoms with Gasteiger partial charge in [0.2, 0.25) is 5.91 Å². The third-order valence-corrected chi connectivity index (χ3v) is 5.17. The van der Waals surface area contributed by atoms with E-state index >= 15 is 0 Å². The van der Waals surface area contributed by atoms with Gasteiger partial charge in [-0.2, -0.15) is 5.10 Å². The van der Waals surface area contributed by atoms with Crippen LogP contribution in [0.1, 0.15) is 41.1 Å². The quantitative estimate of drug-likeness (QED) is 0.909. The van der Waals surface area contributed by atoms with Gasteiger partial charge in [-0.3, -0.25) is 9.48 Å². The van der Waals surface area contributed by atoms with Crippen molar-refractivity contribution >= 4 is 5.91 Å². The van der Waals surface area contributed by atoms with Crippen LogP contribution < -0.4 is 0 Å². The molecule has 25 heavy (non-hydrogen) atoms. The average molecular weight is 341 g/mol. The largest absolute Gasteiger partial charge is 0.394 e. The number of hydrogen-bond acceptors (Lipinski definition) is 3. The summed E-state index contributed by atoms with van der Waals surface area (Å²) in [6, 6.07) is 8.33. The van der Waals surface area contributed by atoms with Crippen LogP contribution in [0.4, 0.5) is 0 Å². The lowest BCUT2D eigenvalue weighted by Crippen LogP contribution is -2.39. The van der Waals surface area contributed by atoms with Gasteiger partial charge in [0, 0.05) is 30.9 Å². The maximum Gasteiger partial charge on any atom is 0.227 e. The number of aliphatic hydroxyl groups excluding tert-OH is 1. The summed E-state index contributed by atoms with van der Waals surface area (Å²) in [6.45, 7) is 6.35. The molecule has 1 saturated heterocycles. The molecule has 134 valence electrons. The van der Waals surface area contributed by atoms with Crippen LogP contribution in [0.3, 0.4) is 0 Å². The van der Waals surface area contributed by atoms with Gasteiger partial charge < -0.3 is 10.0 Å². The first-order valence-corrected chi connectivity index (χ1v) is 9.05. The first kappa shape index (κ1) is 17.7. The van der Waals surface area contributed by atoms with Crippen LogP contribution in [0.5, 0.6) is 0 Å². The number of piperidine rings is 1. The van der Waals surface area contributed by atoms with E-state index in [0.717, 1.165) is 31.5 Å². The van der Waals surface area contributed by atoms with Crippen molar-refractivity contribution in [1.82, 2.24) is 14.7 Å². The van der Waals surface area contributed by atoms with Crippen LogP contribution >= 0.6 is 0 Å². The zero-order valence-electron chi connectivity index (χ0n) is 15.1. The minimum Gasteiger partial charge on any atom is -0.394 e. The maximum atomic E-state index is 12.7. The van der Waals surface area contributed by atoms with E-state index in [4.69, 9.17) is 5.11 Å². The maximum absolute atomic E-state index is 12.7. The second-order valence-electron chi connectivity index (χ2n) is 6.96. The van der Waals surface area contributed by atoms with Crippen molar-refractivity contribution in [1.29, 1.82) is 0 Å². The molecule has 5 heteroatoms. The summed E-state index contributed by atoms with van der Waals surface area (Å²) in [7, 11) is 0. The lowest BCUT2D eigenvalue weighted by atomic mass is 9.93. The van der Waals surface area contributed by atoms with E-state index in [-0.39, 0.29) is 12.5 Å². The molecule has 1 fully saturated rings. The highest BCUT2D eigenvalue weighted by atomic mass is 16.3. The molecule has 1 aromatic heterocycles. The lowest BCUT2D eigenvalue weighted by Gasteiger charge is -2.32. The summed E-state index contributed by atoms with van der Waals surface area (Å²) in [5.74, 6) is 0.634. The number of aliphatic hydroxyl groups is 1. The Morgan fingerprint density at radius 2 is 2.00 bits per heavy atom. The Bertz CT molecular complexity index is 730. The molecule has 0 unspecified atom stereocenters. The van der Waals surface area contributed by atoms with E-state index in [1.807, 2.05) is 15.6 Å². The number of hydrogen-bond donors (Lipinski definition) is 1. The predicted molar refractivity (Wildman–Crippen MR) is 97.5 cm³/mol. The minimum absolute atomic E-state index is 0.0991. The first-order valence-electron chi connectivity index (χ1n) is 9.05. The molecule has 0 saturated carbocycles. The van der Waals surface area contributed by atoms with Crippen LogP contribution in [0.25, 0.3) is 0 Å². The van der Waals surface area contributed by atoms with Gasteiger partial charge in [-0.05, 0) is 43.9 Å². The van der Waals surface area contributed by atoms with Crippen LogP contribution in [-0.4, -0.2) is 45.4 Å². The topological polar surface area (TPSA) is 58.4 Å². The number of likely N-dealkylation sites (tertiary alicyclic amines) is 1. The van der Waals surface area contributed by atoms with Gasteiger partial charge in [-0.1, -0.05) is 23.8 Å². The first-order chi connectivity index (χ1) is 12.1. The van der Waals surface area contributed by atoms with Gasteiger partial charge in [-0.15, -0.1) is 0 Å². The SMILES string of the molecule is Cc1ccc(C)c(CC(=O)N2CCC(c3ccnn3CCO)CC2)c1. The van der Waals surface area contributed by atoms with Crippen molar-refractivity contribution in [3.05, 3.63) is 52.8 Å². The average Bonchev–Trinajstić information content (AvgIpc) is 3.07. The Morgan fingerprint density at radius 3 is 2.72 bits per heavy atom. The van der Waals surface area contributed by atoms with E-state index < -0.39 is 0 Å². The zero-order valence-corrected chi connectivity index (χ0v) is 15.1. The highest BCUT2D eigenvalue weighted by molar-refractivity contribution is 5.79. The standard InChI is InChI=1S/C20H27N3O2/c1-15-3-4-16(2)18(13-15)14-20(25)22-9-6-17(7-10-22)19-5-8-21-23(19)11-12-24/h3-5,8,13,17,24H,6-7,9-12,14H2,1-2H3. The molecule has 1 N–H and O–H groups in total. The number of aromatic nitrogens is 2. The summed E-state index contributed by atoms with van der Waals surface area (Å²) >= 11 is 0. The molecular formula is C20H27N3O2. The van der Waals surface area contributed by atoms with Crippen molar-refractivity contribution in [2.24, 2.45) is 0 Å². The number of carbonyl (C=O) groups excluding carboxylic acids is 1. The summed E-state index contributed by atoms with van der Waals surface area (Å²) in [5.41, 5.74) is 4.69. The second-order valence-corrected chi connectivity index (χ2v) is 6.96. The molecule has 0 atom stereocenters. The van der Waals surface area contributed by atoms with Crippen molar-refractivity contribution in [3.8, 4) is 0 Å². The van der Waals surface area contributed by atoms with Crippen LogP contribution in [0, 0.1) is 13.8 Å². The molecular weight excluding hydrogens is 314 g/mol. The predicted octanol–water partition coefficient (Wildman–Crippen LogP) is 2.44. The molecule has 1 aliphatic heterocycles. The van der Waals surface area contributed by atoms with Gasteiger partial charge in [0.1, 0.15) is 0 Å². The van der Waals surface area contributed by atoms with Gasteiger partial charge in [0.05, 0.1) is 19.6 Å². The van der Waals surface area contributed by atoms with Crippen LogP contribution in [0.15, 0.2) is 30.5 Å². The summed E-state index contributed by atoms with van der Waals surface area (Å²) in [6.07, 6.45) is 4.19. The molecule has 0 radical (unpaired) electrons. The van der Waals surface area contributed by atoms with Crippen molar-refractivity contribution in [2.45, 2.75) is 45.6 Å². The Labute approximate surface area is 149 Å². The van der Waals surface area contributed by atoms with Gasteiger partial charge >= 0.3 is 0 Å². The highest BCUT2D eigenvalue weighted by Crippen LogP contribution is 2.28. The van der Waals surface area contributed by atoms with Crippen molar-refractivity contribution < 1.29 is 9.90 Å². The number of amides is 1. The second kappa shape index (κ2) is 7.83. The van der Waals surface area contributed by atoms with E-state index in [2.05, 4.69) is 37.1 Å². The number of rotatable bonds is 5. The molecule has 0 spiro atoms. The Morgan fingerprint density at radius 1 is 1.24 bits per heavy atom. The fourth-order valence-electron chi connectivity index (χ4n) is 3.66. The van der Waals surface area contributed by atoms with Gasteiger partial charge in [0.15, 0.2) is 0 Å². The van der Waals surface area contributed by atoms with E-state index in [0.29, 0.717) is 18.9 Å². The monoisotopic (exact) mass is 341 g/mol. The fourth-order valence-corrected chi connectivity index (χ4v) is 3.66. The van der Waals surface area contributed by atoms with E-state index in [1.54, 1.807) is 6.20 Å². The third-order valence-electron chi connectivity index (χ3n) is 5.17. The molecule has 1 amide bonds. The van der Waals surface area contributed by atoms with E-state index in [1.165, 1.54) is 16.8 Å². The van der Waals surface area contributed by atoms with Gasteiger partial charge in [-0.25, -0.2) is 0 Å². The Kier molecular flexibility index (Phi) is 5.53. The summed E-state index contributed by atoms with van der Waals surface area (Å²) in [4.78, 5) is 14.7. The number of nitrogens with zero attached hydrogens (tertiary/aromatic N) is 3. The molecule has 2 heterocycles. The van der Waals surface area contributed by atoms with Crippen LogP contribution in [0.2, 0.25) is 0 Å². The van der Waals surface area contributed by atoms with Crippen LogP contribution in [-0.2, 0) is 17.8 Å². The fraction of sp³-hybridized carbons (Fsp3) is 0.500. The molecule has 0 bridgehead atoms. The molecule has 5 nitrogen and oxygen atoms in total. The number of aryl methyl sites for hydroxylation is 2. The Balaban J connectivity index is 1.59. The lowest BCUT2D eigenvalue weighted by molar-refractivity contribution is -0.131. The number of benzene rings is 1. The smallest absolute Gasteiger partial charge is 0.227 e. The third kappa shape index (κ3) is 4.10. The molecule has 2 aromatic rings. The highest BCUT2D eigenvalue weighted by Gasteiger charge is 2.26. The summed E-state index contributed by atoms with van der Waals surface area (Å²) < 4.78 is 1.89. The number of carbonyl (C=O) groups is 1. The summed E-state index contributed by atoms with van der Waals surface area (Å²) in [5, 5.41) is 13.4. The minimum atomic E-state index is 0.0991. The van der Waals surface area contributed by atoms with Crippen molar-refractivity contribution in [3.63, 3.8) is 0 Å². The van der Waals surface area contributed by atoms with E-state index in [9.17, 15) is 4.79 Å². The van der Waals surface area contributed by atoms with Crippen molar-refractivity contribution in [2.75, 3.05) is 19.7 Å². The molecule has 1 aliphatic rings. The molecule has 3 rings (SSSR count). The molecule has 1 aromatic carbocycles. The zero-order chi connectivity index (χ0) is 17.8. The normalized spacial score (nSPS) is 15.6.